The minimum Gasteiger partial charge on any atom is -0.493 e. The molecule has 0 saturated heterocycles. The van der Waals surface area contributed by atoms with Crippen LogP contribution in [0.3, 0.4) is 0 Å². The van der Waals surface area contributed by atoms with Crippen molar-refractivity contribution in [1.82, 2.24) is 10.9 Å². The van der Waals surface area contributed by atoms with E-state index in [1.807, 2.05) is 20.8 Å². The summed E-state index contributed by atoms with van der Waals surface area (Å²) in [6.45, 7) is 11.0. The summed E-state index contributed by atoms with van der Waals surface area (Å²) < 4.78 is 17.2. The van der Waals surface area contributed by atoms with Crippen LogP contribution in [-0.4, -0.2) is 62.1 Å². The molecule has 0 aliphatic heterocycles. The van der Waals surface area contributed by atoms with Gasteiger partial charge in [0.05, 0.1) is 38.5 Å². The fourth-order valence-electron chi connectivity index (χ4n) is 4.15. The van der Waals surface area contributed by atoms with Gasteiger partial charge in [-0.1, -0.05) is 0 Å². The monoisotopic (exact) mass is 707 g/mol. The maximum Gasteiger partial charge on any atom is 0.257 e. The van der Waals surface area contributed by atoms with Crippen molar-refractivity contribution in [3.63, 3.8) is 0 Å². The molecule has 3 aromatic rings. The summed E-state index contributed by atoms with van der Waals surface area (Å²) in [5, 5.41) is 25.2. The van der Waals surface area contributed by atoms with Crippen LogP contribution >= 0.6 is 12.4 Å². The van der Waals surface area contributed by atoms with Crippen molar-refractivity contribution in [2.45, 2.75) is 41.5 Å². The molecule has 0 aliphatic rings. The van der Waals surface area contributed by atoms with E-state index >= 15 is 0 Å². The maximum atomic E-state index is 11.5. The number of nitrogens with one attached hydrogen (secondary N) is 5. The minimum atomic E-state index is -0.203. The van der Waals surface area contributed by atoms with Crippen LogP contribution in [0.15, 0.2) is 75.0 Å². The Morgan fingerprint density at radius 1 is 0.580 bits per heavy atom. The normalized spacial score (nSPS) is 10.7. The predicted octanol–water partition coefficient (Wildman–Crippen LogP) is 5.12. The van der Waals surface area contributed by atoms with Gasteiger partial charge < -0.3 is 30.2 Å². The highest BCUT2D eigenvalue weighted by Crippen LogP contribution is 2.24. The third kappa shape index (κ3) is 13.6. The van der Waals surface area contributed by atoms with Crippen LogP contribution in [0, 0.1) is 0 Å². The van der Waals surface area contributed by atoms with Gasteiger partial charge in [-0.15, -0.1) is 17.5 Å². The molecule has 0 heterocycles. The molecule has 0 spiro atoms. The Kier molecular flexibility index (Phi) is 17.0. The molecule has 0 radical (unpaired) electrons. The van der Waals surface area contributed by atoms with Gasteiger partial charge >= 0.3 is 0 Å². The van der Waals surface area contributed by atoms with E-state index in [0.717, 1.165) is 0 Å². The summed E-state index contributed by atoms with van der Waals surface area (Å²) in [5.41, 5.74) is 9.23. The van der Waals surface area contributed by atoms with Crippen LogP contribution in [0.5, 0.6) is 17.2 Å². The lowest BCUT2D eigenvalue weighted by molar-refractivity contribution is -0.115. The first-order chi connectivity index (χ1) is 23.6. The Labute approximate surface area is 297 Å². The highest BCUT2D eigenvalue weighted by Gasteiger charge is 2.08. The highest BCUT2D eigenvalue weighted by molar-refractivity contribution is 5.94. The van der Waals surface area contributed by atoms with Crippen molar-refractivity contribution in [1.29, 1.82) is 0 Å². The summed E-state index contributed by atoms with van der Waals surface area (Å²) in [5.74, 6) is 0.977. The standard InChI is InChI=1S/C34H41N9O6.ClH/c1-7-47-31-16-28(38-22(4)44)13-10-25(31)19-35-41-34(42-36-20-26-11-14-29(39-23(5)45)17-32(26)48-8-2)43-37-21-27-12-15-30(40-24(6)46)18-33(27)49-9-3;/h10-21H,7-9H2,1-6H3,(H,38,44)(H,39,45)(H,40,46)(H2,41,42,43);1H/b35-19+,36-20+,37-21+;. The van der Waals surface area contributed by atoms with Gasteiger partial charge in [0.25, 0.3) is 5.96 Å². The molecule has 0 unspecified atom stereocenters. The number of hydrazone groups is 2. The molecule has 266 valence electrons. The zero-order chi connectivity index (χ0) is 35.6. The number of hydrogen-bond donors (Lipinski definition) is 5. The molecule has 0 fully saturated rings. The fraction of sp³-hybridized carbons (Fsp3) is 0.265. The van der Waals surface area contributed by atoms with Crippen LogP contribution in [0.1, 0.15) is 58.2 Å². The molecule has 16 heteroatoms. The van der Waals surface area contributed by atoms with Crippen molar-refractivity contribution in [2.24, 2.45) is 20.4 Å². The van der Waals surface area contributed by atoms with E-state index in [1.54, 1.807) is 54.6 Å². The lowest BCUT2D eigenvalue weighted by atomic mass is 10.2. The zero-order valence-corrected chi connectivity index (χ0v) is 29.5. The first kappa shape index (κ1) is 40.2. The van der Waals surface area contributed by atoms with Gasteiger partial charge in [-0.3, -0.25) is 14.4 Å². The van der Waals surface area contributed by atoms with E-state index in [2.05, 4.69) is 47.2 Å². The van der Waals surface area contributed by atoms with E-state index < -0.39 is 0 Å². The van der Waals surface area contributed by atoms with E-state index in [1.165, 1.54) is 39.4 Å². The first-order valence-electron chi connectivity index (χ1n) is 15.4. The van der Waals surface area contributed by atoms with Gasteiger partial charge in [-0.2, -0.15) is 15.3 Å². The second-order valence-electron chi connectivity index (χ2n) is 10.0. The van der Waals surface area contributed by atoms with E-state index in [0.29, 0.717) is 70.8 Å². The topological polar surface area (TPSA) is 188 Å². The molecular formula is C34H42ClN9O6. The number of carbonyl (C=O) groups is 3. The van der Waals surface area contributed by atoms with E-state index in [-0.39, 0.29) is 36.1 Å². The molecule has 0 aromatic heterocycles. The average molecular weight is 708 g/mol. The summed E-state index contributed by atoms with van der Waals surface area (Å²) >= 11 is 0. The Morgan fingerprint density at radius 3 is 1.24 bits per heavy atom. The largest absolute Gasteiger partial charge is 0.493 e. The summed E-state index contributed by atoms with van der Waals surface area (Å²) in [4.78, 5) is 34.5. The molecule has 3 rings (SSSR count). The number of halogens is 1. The minimum absolute atomic E-state index is 0. The first-order valence-corrected chi connectivity index (χ1v) is 15.4. The second kappa shape index (κ2) is 21.1. The number of anilines is 3. The molecule has 3 amide bonds. The third-order valence-electron chi connectivity index (χ3n) is 6.00. The van der Waals surface area contributed by atoms with Gasteiger partial charge in [-0.25, -0.2) is 10.9 Å². The number of guanidine groups is 1. The van der Waals surface area contributed by atoms with Crippen molar-refractivity contribution in [3.05, 3.63) is 71.3 Å². The van der Waals surface area contributed by atoms with Crippen molar-refractivity contribution in [2.75, 3.05) is 35.8 Å². The molecule has 0 bridgehead atoms. The Bertz CT molecular complexity index is 1660. The lowest BCUT2D eigenvalue weighted by Gasteiger charge is -2.10. The molecule has 15 nitrogen and oxygen atoms in total. The second-order valence-corrected chi connectivity index (χ2v) is 10.0. The number of rotatable bonds is 15. The predicted molar refractivity (Wildman–Crippen MR) is 199 cm³/mol. The maximum absolute atomic E-state index is 11.5. The van der Waals surface area contributed by atoms with Gasteiger partial charge in [0, 0.05) is 72.7 Å². The van der Waals surface area contributed by atoms with Crippen LogP contribution in [-0.2, 0) is 14.4 Å². The zero-order valence-electron chi connectivity index (χ0n) is 28.7. The van der Waals surface area contributed by atoms with Gasteiger partial charge in [0.2, 0.25) is 17.7 Å². The van der Waals surface area contributed by atoms with Crippen LogP contribution < -0.4 is 41.0 Å². The number of carbonyl (C=O) groups excluding carboxylic acids is 3. The SMILES string of the molecule is CCOc1cc(NC(C)=O)ccc1/C=N/N=C(N/N=C/c1ccc(NC(C)=O)cc1OCC)N/N=C/c1ccc(NC(C)=O)cc1OCC.Cl. The van der Waals surface area contributed by atoms with Gasteiger partial charge in [0.15, 0.2) is 0 Å². The summed E-state index contributed by atoms with van der Waals surface area (Å²) in [6, 6.07) is 15.5. The molecular weight excluding hydrogens is 666 g/mol. The van der Waals surface area contributed by atoms with Gasteiger partial charge in [0.1, 0.15) is 17.2 Å². The summed E-state index contributed by atoms with van der Waals surface area (Å²) in [6.07, 6.45) is 4.53. The Hall–Kier alpha value is -5.96. The average Bonchev–Trinajstić information content (AvgIpc) is 3.03. The third-order valence-corrected chi connectivity index (χ3v) is 6.00. The summed E-state index contributed by atoms with van der Waals surface area (Å²) in [7, 11) is 0. The Balaban J connectivity index is 0.00000867. The highest BCUT2D eigenvalue weighted by atomic mass is 35.5. The number of hydrogen-bond acceptors (Lipinski definition) is 10. The lowest BCUT2D eigenvalue weighted by Crippen LogP contribution is -2.30. The van der Waals surface area contributed by atoms with Crippen molar-refractivity contribution < 1.29 is 28.6 Å². The molecule has 50 heavy (non-hydrogen) atoms. The molecule has 0 aliphatic carbocycles. The van der Waals surface area contributed by atoms with Gasteiger partial charge in [-0.05, 0) is 57.2 Å². The molecule has 0 atom stereocenters. The van der Waals surface area contributed by atoms with Crippen molar-refractivity contribution in [3.8, 4) is 17.2 Å². The molecule has 3 aromatic carbocycles. The van der Waals surface area contributed by atoms with Crippen LogP contribution in [0.25, 0.3) is 0 Å². The number of benzene rings is 3. The van der Waals surface area contributed by atoms with Crippen LogP contribution in [0.4, 0.5) is 17.1 Å². The number of ether oxygens (including phenoxy) is 3. The molecule has 0 saturated carbocycles. The van der Waals surface area contributed by atoms with E-state index in [4.69, 9.17) is 14.2 Å². The Morgan fingerprint density at radius 2 is 0.920 bits per heavy atom. The number of amides is 3. The fourth-order valence-corrected chi connectivity index (χ4v) is 4.15. The number of nitrogens with zero attached hydrogens (tertiary/aromatic N) is 4. The smallest absolute Gasteiger partial charge is 0.257 e. The molecule has 5 N–H and O–H groups in total. The van der Waals surface area contributed by atoms with Crippen molar-refractivity contribution >= 4 is 71.8 Å². The van der Waals surface area contributed by atoms with Crippen LogP contribution in [0.2, 0.25) is 0 Å². The van der Waals surface area contributed by atoms with E-state index in [9.17, 15) is 14.4 Å². The quantitative estimate of drug-likeness (QED) is 0.0818.